The number of rotatable bonds is 6. The highest BCUT2D eigenvalue weighted by atomic mass is 32.2. The number of carbonyl (C=O) groups is 1. The van der Waals surface area contributed by atoms with Gasteiger partial charge in [0.2, 0.25) is 11.1 Å². The summed E-state index contributed by atoms with van der Waals surface area (Å²) in [5.41, 5.74) is 7.55. The van der Waals surface area contributed by atoms with Gasteiger partial charge in [0.1, 0.15) is 17.6 Å². The molecule has 2 heterocycles. The second-order valence-electron chi connectivity index (χ2n) is 8.25. The van der Waals surface area contributed by atoms with E-state index in [0.29, 0.717) is 11.0 Å². The van der Waals surface area contributed by atoms with E-state index < -0.39 is 5.25 Å². The number of aryl methyl sites for hydroxylation is 2. The molecule has 0 saturated carbocycles. The number of aromatic nitrogens is 3. The number of thioether (sulfide) groups is 1. The maximum absolute atomic E-state index is 13.4. The number of carbonyl (C=O) groups excluding carboxylic acids is 1. The van der Waals surface area contributed by atoms with Gasteiger partial charge < -0.3 is 15.5 Å². The molecule has 1 amide bonds. The smallest absolute Gasteiger partial charge is 0.240 e. The van der Waals surface area contributed by atoms with Gasteiger partial charge in [-0.3, -0.25) is 4.79 Å². The Hall–Kier alpha value is -3.78. The fraction of sp³-hybridized carbons (Fsp3) is 0.192. The summed E-state index contributed by atoms with van der Waals surface area (Å²) in [6.07, 6.45) is 0. The molecule has 0 bridgehead atoms. The van der Waals surface area contributed by atoms with Crippen molar-refractivity contribution in [3.63, 3.8) is 0 Å². The lowest BCUT2D eigenvalue weighted by Crippen LogP contribution is -2.41. The van der Waals surface area contributed by atoms with E-state index in [1.54, 1.807) is 0 Å². The number of fused-ring (bicyclic) bond motifs is 1. The van der Waals surface area contributed by atoms with Gasteiger partial charge >= 0.3 is 0 Å². The highest BCUT2D eigenvalue weighted by Crippen LogP contribution is 2.37. The van der Waals surface area contributed by atoms with Gasteiger partial charge in [-0.1, -0.05) is 77.5 Å². The number of para-hydroxylation sites is 1. The SMILES string of the molecule is Cc1ccc(NC(=O)[C@H]2Sc3nnc(COc4ccccc4)n3N[C@H]2c2ccc(C)cc2)cc1. The molecule has 2 atom stereocenters. The second-order valence-corrected chi connectivity index (χ2v) is 9.36. The molecule has 0 spiro atoms. The number of hydrogen-bond acceptors (Lipinski definition) is 6. The third-order valence-electron chi connectivity index (χ3n) is 5.63. The maximum Gasteiger partial charge on any atom is 0.240 e. The molecule has 5 rings (SSSR count). The molecule has 0 radical (unpaired) electrons. The summed E-state index contributed by atoms with van der Waals surface area (Å²) in [7, 11) is 0. The Morgan fingerprint density at radius 3 is 2.35 bits per heavy atom. The van der Waals surface area contributed by atoms with Crippen molar-refractivity contribution in [3.05, 3.63) is 101 Å². The molecule has 1 aliphatic heterocycles. The first-order valence-electron chi connectivity index (χ1n) is 11.1. The van der Waals surface area contributed by atoms with Crippen LogP contribution in [0.4, 0.5) is 5.69 Å². The average Bonchev–Trinajstić information content (AvgIpc) is 3.26. The molecule has 34 heavy (non-hydrogen) atoms. The molecule has 172 valence electrons. The standard InChI is InChI=1S/C26H25N5O2S/c1-17-8-12-19(13-9-17)23-24(25(32)27-20-14-10-18(2)11-15-20)34-26-29-28-22(31(26)30-23)16-33-21-6-4-3-5-7-21/h3-15,23-24,30H,16H2,1-2H3,(H,27,32)/t23-,24-/m0/s1. The van der Waals surface area contributed by atoms with Crippen molar-refractivity contribution < 1.29 is 9.53 Å². The molecule has 0 aliphatic carbocycles. The number of ether oxygens (including phenoxy) is 1. The molecule has 7 nitrogen and oxygen atoms in total. The Bertz CT molecular complexity index is 1270. The van der Waals surface area contributed by atoms with Crippen molar-refractivity contribution in [2.45, 2.75) is 36.9 Å². The van der Waals surface area contributed by atoms with E-state index in [1.165, 1.54) is 11.8 Å². The predicted molar refractivity (Wildman–Crippen MR) is 134 cm³/mol. The van der Waals surface area contributed by atoms with Gasteiger partial charge in [-0.25, -0.2) is 4.68 Å². The first-order valence-corrected chi connectivity index (χ1v) is 11.9. The summed E-state index contributed by atoms with van der Waals surface area (Å²) >= 11 is 1.40. The van der Waals surface area contributed by atoms with Gasteiger partial charge in [0.25, 0.3) is 0 Å². The summed E-state index contributed by atoms with van der Waals surface area (Å²) in [5, 5.41) is 11.9. The van der Waals surface area contributed by atoms with Gasteiger partial charge in [-0.15, -0.1) is 10.2 Å². The van der Waals surface area contributed by atoms with Crippen LogP contribution in [0.3, 0.4) is 0 Å². The molecule has 1 aliphatic rings. The van der Waals surface area contributed by atoms with E-state index in [4.69, 9.17) is 4.74 Å². The fourth-order valence-corrected chi connectivity index (χ4v) is 4.83. The molecular formula is C26H25N5O2S. The van der Waals surface area contributed by atoms with E-state index in [9.17, 15) is 4.79 Å². The van der Waals surface area contributed by atoms with Crippen LogP contribution in [-0.4, -0.2) is 26.0 Å². The highest BCUT2D eigenvalue weighted by Gasteiger charge is 2.38. The van der Waals surface area contributed by atoms with Crippen LogP contribution in [0.2, 0.25) is 0 Å². The van der Waals surface area contributed by atoms with E-state index in [1.807, 2.05) is 73.1 Å². The number of benzene rings is 3. The Labute approximate surface area is 202 Å². The fourth-order valence-electron chi connectivity index (χ4n) is 3.73. The quantitative estimate of drug-likeness (QED) is 0.418. The van der Waals surface area contributed by atoms with Crippen molar-refractivity contribution >= 4 is 23.4 Å². The van der Waals surface area contributed by atoms with E-state index in [-0.39, 0.29) is 18.6 Å². The van der Waals surface area contributed by atoms with E-state index in [2.05, 4.69) is 45.2 Å². The van der Waals surface area contributed by atoms with E-state index in [0.717, 1.165) is 28.1 Å². The Kier molecular flexibility index (Phi) is 6.22. The lowest BCUT2D eigenvalue weighted by Gasteiger charge is -2.33. The topological polar surface area (TPSA) is 81.1 Å². The molecule has 4 aromatic rings. The highest BCUT2D eigenvalue weighted by molar-refractivity contribution is 8.00. The summed E-state index contributed by atoms with van der Waals surface area (Å²) < 4.78 is 7.71. The molecule has 1 aromatic heterocycles. The second kappa shape index (κ2) is 9.61. The van der Waals surface area contributed by atoms with Crippen LogP contribution in [0, 0.1) is 13.8 Å². The largest absolute Gasteiger partial charge is 0.486 e. The molecule has 3 aromatic carbocycles. The van der Waals surface area contributed by atoms with E-state index >= 15 is 0 Å². The normalized spacial score (nSPS) is 16.9. The minimum absolute atomic E-state index is 0.0942. The summed E-state index contributed by atoms with van der Waals surface area (Å²) in [4.78, 5) is 13.4. The summed E-state index contributed by atoms with van der Waals surface area (Å²) in [6, 6.07) is 25.3. The predicted octanol–water partition coefficient (Wildman–Crippen LogP) is 4.87. The number of anilines is 1. The zero-order chi connectivity index (χ0) is 23.5. The lowest BCUT2D eigenvalue weighted by atomic mass is 10.0. The molecule has 0 fully saturated rings. The van der Waals surface area contributed by atoms with Crippen molar-refractivity contribution in [1.29, 1.82) is 0 Å². The minimum Gasteiger partial charge on any atom is -0.486 e. The van der Waals surface area contributed by atoms with Crippen molar-refractivity contribution in [1.82, 2.24) is 14.9 Å². The van der Waals surface area contributed by atoms with Crippen molar-refractivity contribution in [2.24, 2.45) is 0 Å². The van der Waals surface area contributed by atoms with Gasteiger partial charge in [-0.05, 0) is 43.7 Å². The third-order valence-corrected chi connectivity index (χ3v) is 6.84. The number of nitrogens with one attached hydrogen (secondary N) is 2. The third kappa shape index (κ3) is 4.77. The van der Waals surface area contributed by atoms with Crippen LogP contribution in [0.25, 0.3) is 0 Å². The molecule has 0 unspecified atom stereocenters. The zero-order valence-electron chi connectivity index (χ0n) is 18.9. The van der Waals surface area contributed by atoms with Gasteiger partial charge in [0.15, 0.2) is 5.82 Å². The Morgan fingerprint density at radius 1 is 0.971 bits per heavy atom. The van der Waals surface area contributed by atoms with Crippen LogP contribution in [0.5, 0.6) is 5.75 Å². The number of hydrogen-bond donors (Lipinski definition) is 2. The lowest BCUT2D eigenvalue weighted by molar-refractivity contribution is -0.116. The number of amides is 1. The van der Waals surface area contributed by atoms with Gasteiger partial charge in [0, 0.05) is 5.69 Å². The van der Waals surface area contributed by atoms with Crippen LogP contribution < -0.4 is 15.5 Å². The maximum atomic E-state index is 13.4. The molecule has 0 saturated heterocycles. The molecule has 8 heteroatoms. The zero-order valence-corrected chi connectivity index (χ0v) is 19.8. The minimum atomic E-state index is -0.441. The van der Waals surface area contributed by atoms with Crippen molar-refractivity contribution in [2.75, 3.05) is 10.7 Å². The Balaban J connectivity index is 1.41. The van der Waals surface area contributed by atoms with Crippen LogP contribution >= 0.6 is 11.8 Å². The van der Waals surface area contributed by atoms with Crippen LogP contribution in [0.1, 0.15) is 28.6 Å². The van der Waals surface area contributed by atoms with Crippen LogP contribution in [0.15, 0.2) is 84.0 Å². The summed E-state index contributed by atoms with van der Waals surface area (Å²) in [5.74, 6) is 1.30. The average molecular weight is 472 g/mol. The van der Waals surface area contributed by atoms with Gasteiger partial charge in [0.05, 0.1) is 6.04 Å². The monoisotopic (exact) mass is 471 g/mol. The molecule has 2 N–H and O–H groups in total. The Morgan fingerprint density at radius 2 is 1.65 bits per heavy atom. The van der Waals surface area contributed by atoms with Gasteiger partial charge in [-0.2, -0.15) is 0 Å². The number of nitrogens with zero attached hydrogens (tertiary/aromatic N) is 3. The summed E-state index contributed by atoms with van der Waals surface area (Å²) in [6.45, 7) is 4.32. The van der Waals surface area contributed by atoms with Crippen LogP contribution in [-0.2, 0) is 11.4 Å². The molecular weight excluding hydrogens is 446 g/mol. The first-order chi connectivity index (χ1) is 16.6. The van der Waals surface area contributed by atoms with Crippen molar-refractivity contribution in [3.8, 4) is 5.75 Å². The first kappa shape index (κ1) is 22.0.